The second kappa shape index (κ2) is 9.96. The molecule has 0 aromatic carbocycles. The van der Waals surface area contributed by atoms with Crippen molar-refractivity contribution in [2.75, 3.05) is 38.3 Å². The van der Waals surface area contributed by atoms with Gasteiger partial charge in [-0.1, -0.05) is 0 Å². The first-order chi connectivity index (χ1) is 15.6. The number of piperazine rings is 1. The van der Waals surface area contributed by atoms with Crippen LogP contribution in [0.15, 0.2) is 30.6 Å². The zero-order chi connectivity index (χ0) is 22.5. The number of aromatic nitrogens is 2. The molecule has 8 nitrogen and oxygen atoms in total. The number of ether oxygens (including phenoxy) is 2. The number of hydrogen-bond donors (Lipinski definition) is 0. The van der Waals surface area contributed by atoms with Gasteiger partial charge < -0.3 is 19.3 Å². The smallest absolute Gasteiger partial charge is 0.225 e. The molecule has 2 aromatic rings. The number of nitrogens with zero attached hydrogens (tertiary/aromatic N) is 5. The average Bonchev–Trinajstić information content (AvgIpc) is 3.66. The van der Waals surface area contributed by atoms with Gasteiger partial charge in [0, 0.05) is 57.2 Å². The summed E-state index contributed by atoms with van der Waals surface area (Å²) in [4.78, 5) is 25.5. The molecule has 4 rings (SSSR count). The summed E-state index contributed by atoms with van der Waals surface area (Å²) in [6, 6.07) is 8.00. The van der Waals surface area contributed by atoms with Crippen molar-refractivity contribution in [2.45, 2.75) is 44.8 Å². The summed E-state index contributed by atoms with van der Waals surface area (Å²) in [5.74, 6) is 1.86. The lowest BCUT2D eigenvalue weighted by Gasteiger charge is -2.40. The fraction of sp³-hybridized carbons (Fsp3) is 0.500. The number of nitriles is 1. The number of amides is 1. The fourth-order valence-corrected chi connectivity index (χ4v) is 4.08. The first kappa shape index (κ1) is 22.0. The standard InChI is InChI=1S/C24H29N5O3/c1-17-15-28(10-11-29(17)22(30)7-12-31-2)24-20(14-25)13-21(23(27-24)19-3-4-19)32-16-18-5-8-26-9-6-18/h5-6,8-9,13,17,19H,3-4,7,10-12,15-16H2,1-2H3/t17-/m1/s1. The summed E-state index contributed by atoms with van der Waals surface area (Å²) in [5.41, 5.74) is 2.46. The minimum atomic E-state index is 0.0356. The Morgan fingerprint density at radius 1 is 1.28 bits per heavy atom. The van der Waals surface area contributed by atoms with Crippen LogP contribution in [0.2, 0.25) is 0 Å². The van der Waals surface area contributed by atoms with Crippen molar-refractivity contribution in [1.82, 2.24) is 14.9 Å². The van der Waals surface area contributed by atoms with Crippen LogP contribution in [0.25, 0.3) is 0 Å². The Balaban J connectivity index is 1.52. The van der Waals surface area contributed by atoms with E-state index in [1.165, 1.54) is 0 Å². The molecule has 8 heteroatoms. The van der Waals surface area contributed by atoms with Crippen LogP contribution < -0.4 is 9.64 Å². The molecular weight excluding hydrogens is 406 g/mol. The van der Waals surface area contributed by atoms with E-state index in [4.69, 9.17) is 14.5 Å². The summed E-state index contributed by atoms with van der Waals surface area (Å²) in [5, 5.41) is 9.85. The Kier molecular flexibility index (Phi) is 6.86. The van der Waals surface area contributed by atoms with Crippen LogP contribution in [0.4, 0.5) is 5.82 Å². The molecule has 0 unspecified atom stereocenters. The summed E-state index contributed by atoms with van der Waals surface area (Å²) in [6.07, 6.45) is 6.04. The minimum Gasteiger partial charge on any atom is -0.487 e. The maximum absolute atomic E-state index is 12.5. The quantitative estimate of drug-likeness (QED) is 0.630. The van der Waals surface area contributed by atoms with Crippen molar-refractivity contribution in [2.24, 2.45) is 0 Å². The molecule has 1 saturated carbocycles. The maximum Gasteiger partial charge on any atom is 0.225 e. The van der Waals surface area contributed by atoms with Crippen molar-refractivity contribution in [1.29, 1.82) is 5.26 Å². The van der Waals surface area contributed by atoms with E-state index >= 15 is 0 Å². The Labute approximate surface area is 188 Å². The number of pyridine rings is 2. The molecule has 1 saturated heterocycles. The van der Waals surface area contributed by atoms with Gasteiger partial charge in [0.25, 0.3) is 0 Å². The molecule has 0 radical (unpaired) electrons. The SMILES string of the molecule is COCCC(=O)N1CCN(c2nc(C3CC3)c(OCc3ccncc3)cc2C#N)C[C@H]1C. The van der Waals surface area contributed by atoms with Crippen LogP contribution in [-0.2, 0) is 16.1 Å². The summed E-state index contributed by atoms with van der Waals surface area (Å²) < 4.78 is 11.1. The minimum absolute atomic E-state index is 0.0356. The number of carbonyl (C=O) groups is 1. The summed E-state index contributed by atoms with van der Waals surface area (Å²) >= 11 is 0. The van der Waals surface area contributed by atoms with Crippen LogP contribution in [0.5, 0.6) is 5.75 Å². The molecule has 0 N–H and O–H groups in total. The Morgan fingerprint density at radius 3 is 2.72 bits per heavy atom. The Hall–Kier alpha value is -3.18. The number of carbonyl (C=O) groups excluding carboxylic acids is 1. The van der Waals surface area contributed by atoms with Gasteiger partial charge >= 0.3 is 0 Å². The van der Waals surface area contributed by atoms with Gasteiger partial charge in [0.05, 0.1) is 24.3 Å². The third kappa shape index (κ3) is 5.00. The largest absolute Gasteiger partial charge is 0.487 e. The zero-order valence-corrected chi connectivity index (χ0v) is 18.7. The molecule has 32 heavy (non-hydrogen) atoms. The maximum atomic E-state index is 12.5. The third-order valence-electron chi connectivity index (χ3n) is 5.99. The number of methoxy groups -OCH3 is 1. The van der Waals surface area contributed by atoms with E-state index in [2.05, 4.69) is 16.0 Å². The first-order valence-electron chi connectivity index (χ1n) is 11.1. The first-order valence-corrected chi connectivity index (χ1v) is 11.1. The van der Waals surface area contributed by atoms with Crippen molar-refractivity contribution < 1.29 is 14.3 Å². The third-order valence-corrected chi connectivity index (χ3v) is 5.99. The summed E-state index contributed by atoms with van der Waals surface area (Å²) in [7, 11) is 1.60. The topological polar surface area (TPSA) is 91.6 Å². The highest BCUT2D eigenvalue weighted by atomic mass is 16.5. The molecular formula is C24H29N5O3. The van der Waals surface area contributed by atoms with Gasteiger partial charge in [0.1, 0.15) is 24.2 Å². The molecule has 2 aromatic heterocycles. The van der Waals surface area contributed by atoms with E-state index in [1.807, 2.05) is 30.0 Å². The molecule has 3 heterocycles. The van der Waals surface area contributed by atoms with Crippen molar-refractivity contribution in [3.63, 3.8) is 0 Å². The number of anilines is 1. The fourth-order valence-electron chi connectivity index (χ4n) is 4.08. The van der Waals surface area contributed by atoms with Crippen molar-refractivity contribution in [3.8, 4) is 11.8 Å². The van der Waals surface area contributed by atoms with Gasteiger partial charge in [-0.2, -0.15) is 5.26 Å². The van der Waals surface area contributed by atoms with E-state index < -0.39 is 0 Å². The Morgan fingerprint density at radius 2 is 2.06 bits per heavy atom. The normalized spacial score (nSPS) is 18.3. The van der Waals surface area contributed by atoms with Crippen LogP contribution in [0.1, 0.15) is 48.9 Å². The van der Waals surface area contributed by atoms with Gasteiger partial charge in [-0.3, -0.25) is 9.78 Å². The van der Waals surface area contributed by atoms with Gasteiger partial charge in [0.15, 0.2) is 0 Å². The van der Waals surface area contributed by atoms with Crippen LogP contribution >= 0.6 is 0 Å². The van der Waals surface area contributed by atoms with Gasteiger partial charge in [-0.05, 0) is 37.5 Å². The molecule has 1 aliphatic carbocycles. The molecule has 1 aliphatic heterocycles. The van der Waals surface area contributed by atoms with Crippen LogP contribution in [-0.4, -0.2) is 60.2 Å². The molecule has 0 bridgehead atoms. The van der Waals surface area contributed by atoms with E-state index in [0.29, 0.717) is 62.3 Å². The zero-order valence-electron chi connectivity index (χ0n) is 18.7. The van der Waals surface area contributed by atoms with Gasteiger partial charge in [0.2, 0.25) is 5.91 Å². The van der Waals surface area contributed by atoms with Crippen LogP contribution in [0, 0.1) is 11.3 Å². The van der Waals surface area contributed by atoms with E-state index in [-0.39, 0.29) is 11.9 Å². The molecule has 0 spiro atoms. The van der Waals surface area contributed by atoms with Gasteiger partial charge in [-0.25, -0.2) is 4.98 Å². The summed E-state index contributed by atoms with van der Waals surface area (Å²) in [6.45, 7) is 4.77. The number of rotatable bonds is 8. The lowest BCUT2D eigenvalue weighted by atomic mass is 10.1. The predicted molar refractivity (Wildman–Crippen MR) is 119 cm³/mol. The van der Waals surface area contributed by atoms with Crippen molar-refractivity contribution in [3.05, 3.63) is 47.4 Å². The Bertz CT molecular complexity index is 987. The highest BCUT2D eigenvalue weighted by Gasteiger charge is 2.33. The highest BCUT2D eigenvalue weighted by Crippen LogP contribution is 2.45. The van der Waals surface area contributed by atoms with E-state index in [9.17, 15) is 10.1 Å². The second-order valence-corrected chi connectivity index (χ2v) is 8.40. The predicted octanol–water partition coefficient (Wildman–Crippen LogP) is 2.88. The molecule has 1 amide bonds. The monoisotopic (exact) mass is 435 g/mol. The molecule has 168 valence electrons. The van der Waals surface area contributed by atoms with E-state index in [1.54, 1.807) is 19.5 Å². The molecule has 1 atom stereocenters. The van der Waals surface area contributed by atoms with Crippen molar-refractivity contribution >= 4 is 11.7 Å². The van der Waals surface area contributed by atoms with Crippen LogP contribution in [0.3, 0.4) is 0 Å². The number of hydrogen-bond acceptors (Lipinski definition) is 7. The van der Waals surface area contributed by atoms with Gasteiger partial charge in [-0.15, -0.1) is 0 Å². The average molecular weight is 436 g/mol. The molecule has 2 aliphatic rings. The highest BCUT2D eigenvalue weighted by molar-refractivity contribution is 5.77. The van der Waals surface area contributed by atoms with E-state index in [0.717, 1.165) is 24.1 Å². The lowest BCUT2D eigenvalue weighted by Crippen LogP contribution is -2.54. The lowest BCUT2D eigenvalue weighted by molar-refractivity contribution is -0.134. The molecule has 2 fully saturated rings. The second-order valence-electron chi connectivity index (χ2n) is 8.40.